The van der Waals surface area contributed by atoms with Crippen molar-refractivity contribution in [2.45, 2.75) is 18.5 Å². The quantitative estimate of drug-likeness (QED) is 0.256. The van der Waals surface area contributed by atoms with E-state index in [4.69, 9.17) is 22.2 Å². The van der Waals surface area contributed by atoms with Crippen LogP contribution in [0.2, 0.25) is 5.02 Å². The van der Waals surface area contributed by atoms with Crippen molar-refractivity contribution < 1.29 is 47.8 Å². The second kappa shape index (κ2) is 8.86. The predicted molar refractivity (Wildman–Crippen MR) is 91.3 cm³/mol. The average Bonchev–Trinajstić information content (AvgIpc) is 2.65. The van der Waals surface area contributed by atoms with Crippen molar-refractivity contribution in [1.82, 2.24) is 0 Å². The molecule has 0 heterocycles. The van der Waals surface area contributed by atoms with Gasteiger partial charge in [-0.1, -0.05) is 11.6 Å². The van der Waals surface area contributed by atoms with E-state index in [1.807, 2.05) is 0 Å². The molecule has 0 spiro atoms. The lowest BCUT2D eigenvalue weighted by atomic mass is 9.94. The Morgan fingerprint density at radius 2 is 1.93 bits per heavy atom. The third kappa shape index (κ3) is 5.29. The summed E-state index contributed by atoms with van der Waals surface area (Å²) in [5.74, 6) is -0.249. The Labute approximate surface area is 171 Å². The first-order chi connectivity index (χ1) is 13.9. The molecule has 1 unspecified atom stereocenters. The van der Waals surface area contributed by atoms with Crippen LogP contribution < -0.4 is 15.7 Å². The number of carbonyl (C=O) groups is 2. The molecule has 0 aromatic heterocycles. The number of rotatable bonds is 7. The van der Waals surface area contributed by atoms with E-state index in [0.29, 0.717) is 6.07 Å². The molecule has 160 valence electrons. The molecule has 2 aromatic rings. The van der Waals surface area contributed by atoms with Crippen molar-refractivity contribution in [2.75, 3.05) is 0 Å². The molecule has 0 saturated heterocycles. The van der Waals surface area contributed by atoms with E-state index < -0.39 is 36.0 Å². The van der Waals surface area contributed by atoms with E-state index in [0.717, 1.165) is 24.3 Å². The number of carboxylic acids is 2. The number of aliphatic carboxylic acids is 2. The highest BCUT2D eigenvalue weighted by Crippen LogP contribution is 2.38. The summed E-state index contributed by atoms with van der Waals surface area (Å²) in [5, 5.41) is 32.6. The smallest absolute Gasteiger partial charge is 0.416 e. The monoisotopic (exact) mass is 447 g/mol. The lowest BCUT2D eigenvalue weighted by Crippen LogP contribution is -2.27. The van der Waals surface area contributed by atoms with Crippen molar-refractivity contribution in [3.63, 3.8) is 0 Å². The molecule has 0 amide bonds. The van der Waals surface area contributed by atoms with Crippen LogP contribution in [0.15, 0.2) is 41.6 Å². The molecule has 0 saturated carbocycles. The van der Waals surface area contributed by atoms with Crippen LogP contribution in [0.3, 0.4) is 0 Å². The molecule has 1 atom stereocenters. The highest BCUT2D eigenvalue weighted by Gasteiger charge is 2.31. The lowest BCUT2D eigenvalue weighted by Gasteiger charge is -2.17. The van der Waals surface area contributed by atoms with Gasteiger partial charge >= 0.3 is 12.1 Å². The maximum absolute atomic E-state index is 12.7. The zero-order chi connectivity index (χ0) is 22.6. The van der Waals surface area contributed by atoms with Crippen molar-refractivity contribution >= 4 is 29.2 Å². The van der Waals surface area contributed by atoms with Gasteiger partial charge in [0.05, 0.1) is 21.4 Å². The van der Waals surface area contributed by atoms with E-state index in [9.17, 15) is 38.2 Å². The van der Waals surface area contributed by atoms with Crippen LogP contribution in [0.4, 0.5) is 18.9 Å². The molecule has 13 heteroatoms. The van der Waals surface area contributed by atoms with Gasteiger partial charge in [0.25, 0.3) is 0 Å². The standard InChI is InChI=1S/C17H13ClF3N3O6/c18-12-5-8(17(19,20)21)1-4-14(12)30-9-2-3-13(24(29)23-22)10(6-9)11(16(27)28)7-15(25)26/h1-6,11,22,29H,7H2,(H2,25,26,27,28). The van der Waals surface area contributed by atoms with Crippen molar-refractivity contribution in [3.8, 4) is 11.5 Å². The molecule has 4 N–H and O–H groups in total. The topological polar surface area (TPSA) is 148 Å². The van der Waals surface area contributed by atoms with E-state index in [1.165, 1.54) is 6.07 Å². The number of nitrogens with zero attached hydrogens (tertiary/aromatic N) is 2. The Balaban J connectivity index is 2.50. The molecule has 0 aliphatic heterocycles. The maximum Gasteiger partial charge on any atom is 0.416 e. The molecule has 0 aliphatic rings. The van der Waals surface area contributed by atoms with E-state index >= 15 is 0 Å². The first kappa shape index (κ1) is 22.7. The number of halogens is 4. The molecular formula is C17H13ClF3N3O6. The number of benzene rings is 2. The summed E-state index contributed by atoms with van der Waals surface area (Å²) in [6.45, 7) is 0. The van der Waals surface area contributed by atoms with Gasteiger partial charge in [0.2, 0.25) is 5.69 Å². The molecule has 0 aliphatic carbocycles. The summed E-state index contributed by atoms with van der Waals surface area (Å²) >= 11 is 5.83. The largest absolute Gasteiger partial charge is 0.550 e. The Kier molecular flexibility index (Phi) is 6.72. The van der Waals surface area contributed by atoms with Crippen LogP contribution >= 0.6 is 11.6 Å². The van der Waals surface area contributed by atoms with Gasteiger partial charge in [0, 0.05) is 18.0 Å². The predicted octanol–water partition coefficient (Wildman–Crippen LogP) is 2.82. The van der Waals surface area contributed by atoms with Crippen LogP contribution in [0.5, 0.6) is 11.5 Å². The van der Waals surface area contributed by atoms with Gasteiger partial charge in [-0.25, -0.2) is 0 Å². The normalized spacial score (nSPS) is 13.0. The fraction of sp³-hybridized carbons (Fsp3) is 0.176. The van der Waals surface area contributed by atoms with E-state index in [1.54, 1.807) is 0 Å². The van der Waals surface area contributed by atoms with Gasteiger partial charge < -0.3 is 25.0 Å². The number of hydrogen-bond acceptors (Lipinski definition) is 5. The zero-order valence-electron chi connectivity index (χ0n) is 14.8. The molecule has 2 aromatic carbocycles. The molecule has 2 rings (SSSR count). The van der Waals surface area contributed by atoms with E-state index in [-0.39, 0.29) is 32.6 Å². The molecular weight excluding hydrogens is 435 g/mol. The first-order valence-corrected chi connectivity index (χ1v) is 8.33. The highest BCUT2D eigenvalue weighted by molar-refractivity contribution is 6.32. The minimum absolute atomic E-state index is 0.106. The maximum atomic E-state index is 12.7. The number of carboxylic acid groups (broad SMARTS) is 2. The second-order valence-electron chi connectivity index (χ2n) is 5.84. The summed E-state index contributed by atoms with van der Waals surface area (Å²) in [5.41, 5.74) is -1.53. The van der Waals surface area contributed by atoms with Crippen molar-refractivity contribution in [2.24, 2.45) is 11.1 Å². The Hall–Kier alpha value is -3.54. The summed E-state index contributed by atoms with van der Waals surface area (Å²) in [7, 11) is 0. The third-order valence-corrected chi connectivity index (χ3v) is 4.15. The first-order valence-electron chi connectivity index (χ1n) is 7.95. The summed E-state index contributed by atoms with van der Waals surface area (Å²) in [6.07, 6.45) is -5.57. The van der Waals surface area contributed by atoms with Gasteiger partial charge in [0.15, 0.2) is 0 Å². The second-order valence-corrected chi connectivity index (χ2v) is 6.24. The van der Waals surface area contributed by atoms with Crippen LogP contribution in [0, 0.1) is 0 Å². The molecule has 30 heavy (non-hydrogen) atoms. The van der Waals surface area contributed by atoms with Crippen molar-refractivity contribution in [3.05, 3.63) is 52.5 Å². The average molecular weight is 448 g/mol. The van der Waals surface area contributed by atoms with Gasteiger partial charge in [-0.05, 0) is 36.4 Å². The van der Waals surface area contributed by atoms with Gasteiger partial charge in [-0.15, -0.1) is 0 Å². The zero-order valence-corrected chi connectivity index (χ0v) is 15.5. The summed E-state index contributed by atoms with van der Waals surface area (Å²) in [4.78, 5) is 22.6. The number of ether oxygens (including phenoxy) is 1. The molecule has 0 fully saturated rings. The summed E-state index contributed by atoms with van der Waals surface area (Å²) < 4.78 is 43.6. The lowest BCUT2D eigenvalue weighted by molar-refractivity contribution is -0.766. The number of carbonyl (C=O) groups excluding carboxylic acids is 1. The number of nitrogens with two attached hydrogens (primary N) is 1. The Morgan fingerprint density at radius 3 is 2.43 bits per heavy atom. The van der Waals surface area contributed by atoms with Crippen LogP contribution in [-0.2, 0) is 15.8 Å². The highest BCUT2D eigenvalue weighted by atomic mass is 35.5. The van der Waals surface area contributed by atoms with Gasteiger partial charge in [-0.2, -0.15) is 19.0 Å². The number of hydrogen-bond donors (Lipinski definition) is 3. The number of alkyl halides is 3. The van der Waals surface area contributed by atoms with Gasteiger partial charge in [0.1, 0.15) is 16.7 Å². The molecule has 0 bridgehead atoms. The van der Waals surface area contributed by atoms with E-state index in [2.05, 4.69) is 5.22 Å². The Bertz CT molecular complexity index is 1010. The van der Waals surface area contributed by atoms with Gasteiger partial charge in [-0.3, -0.25) is 4.79 Å². The third-order valence-electron chi connectivity index (χ3n) is 3.86. The fourth-order valence-electron chi connectivity index (χ4n) is 2.50. The van der Waals surface area contributed by atoms with Crippen molar-refractivity contribution in [1.29, 1.82) is 0 Å². The van der Waals surface area contributed by atoms with Crippen LogP contribution in [0.1, 0.15) is 23.5 Å². The van der Waals surface area contributed by atoms with Crippen LogP contribution in [-0.4, -0.2) is 27.1 Å². The van der Waals surface area contributed by atoms with Crippen LogP contribution in [0.25, 0.3) is 0 Å². The fourth-order valence-corrected chi connectivity index (χ4v) is 2.72. The minimum atomic E-state index is -4.62. The Morgan fingerprint density at radius 1 is 1.27 bits per heavy atom. The molecule has 0 radical (unpaired) electrons. The molecule has 9 nitrogen and oxygen atoms in total. The minimum Gasteiger partial charge on any atom is -0.550 e. The summed E-state index contributed by atoms with van der Waals surface area (Å²) in [6, 6.07) is 5.71. The SMILES string of the molecule is N/N=[N+](\O)c1ccc(Oc2ccc(C(F)(F)F)cc2Cl)cc1C(CC(=O)[O-])C(=O)O.